The Balaban J connectivity index is 1.93. The van der Waals surface area contributed by atoms with E-state index >= 15 is 0 Å². The van der Waals surface area contributed by atoms with Gasteiger partial charge in [0.2, 0.25) is 5.96 Å². The second-order valence-corrected chi connectivity index (χ2v) is 6.55. The maximum absolute atomic E-state index is 6.12. The number of anilines is 1. The van der Waals surface area contributed by atoms with Crippen LogP contribution in [0.3, 0.4) is 0 Å². The zero-order chi connectivity index (χ0) is 14.1. The van der Waals surface area contributed by atoms with Crippen LogP contribution in [0, 0.1) is 0 Å². The van der Waals surface area contributed by atoms with Gasteiger partial charge in [-0.1, -0.05) is 35.3 Å². The van der Waals surface area contributed by atoms with E-state index in [4.69, 9.17) is 23.2 Å². The lowest BCUT2D eigenvalue weighted by Gasteiger charge is -2.19. The maximum atomic E-state index is 6.12. The highest BCUT2D eigenvalue weighted by molar-refractivity contribution is 9.10. The molecule has 0 atom stereocenters. The van der Waals surface area contributed by atoms with Crippen molar-refractivity contribution >= 4 is 68.4 Å². The molecule has 2 aromatic rings. The van der Waals surface area contributed by atoms with Crippen molar-refractivity contribution in [1.82, 2.24) is 4.72 Å². The quantitative estimate of drug-likeness (QED) is 0.636. The van der Waals surface area contributed by atoms with Crippen molar-refractivity contribution in [2.45, 2.75) is 4.90 Å². The lowest BCUT2D eigenvalue weighted by Crippen LogP contribution is -2.27. The summed E-state index contributed by atoms with van der Waals surface area (Å²) < 4.78 is 3.98. The molecule has 0 fully saturated rings. The van der Waals surface area contributed by atoms with Gasteiger partial charge in [-0.15, -0.1) is 0 Å². The first-order valence-corrected chi connectivity index (χ1v) is 8.02. The Hall–Kier alpha value is -0.880. The number of nitrogens with zero attached hydrogens (tertiary/aromatic N) is 1. The van der Waals surface area contributed by atoms with E-state index in [0.717, 1.165) is 20.7 Å². The van der Waals surface area contributed by atoms with Gasteiger partial charge >= 0.3 is 0 Å². The summed E-state index contributed by atoms with van der Waals surface area (Å²) in [4.78, 5) is 5.50. The second-order valence-electron chi connectivity index (χ2n) is 4.00. The van der Waals surface area contributed by atoms with Crippen LogP contribution in [-0.2, 0) is 0 Å². The van der Waals surface area contributed by atoms with E-state index < -0.39 is 0 Å². The molecule has 0 saturated heterocycles. The molecule has 2 N–H and O–H groups in total. The number of benzene rings is 2. The molecule has 1 aliphatic heterocycles. The van der Waals surface area contributed by atoms with Crippen LogP contribution in [0.4, 0.5) is 11.4 Å². The number of guanidine groups is 1. The summed E-state index contributed by atoms with van der Waals surface area (Å²) in [5.74, 6) is 0.624. The SMILES string of the molecule is Clc1cc(Br)c2c(c1)SNC(Nc1ccccc1Cl)=N2. The molecule has 0 aromatic heterocycles. The summed E-state index contributed by atoms with van der Waals surface area (Å²) in [5, 5.41) is 4.47. The molecule has 3 nitrogen and oxygen atoms in total. The molecule has 0 unspecified atom stereocenters. The lowest BCUT2D eigenvalue weighted by atomic mass is 10.3. The second kappa shape index (κ2) is 5.85. The number of nitrogens with one attached hydrogen (secondary N) is 2. The first kappa shape index (κ1) is 14.1. The monoisotopic (exact) mass is 387 g/mol. The molecule has 0 spiro atoms. The van der Waals surface area contributed by atoms with Crippen molar-refractivity contribution in [2.24, 2.45) is 4.99 Å². The van der Waals surface area contributed by atoms with E-state index in [-0.39, 0.29) is 0 Å². The van der Waals surface area contributed by atoms with Gasteiger partial charge in [0.05, 0.1) is 21.3 Å². The Bertz CT molecular complexity index is 706. The van der Waals surface area contributed by atoms with E-state index in [9.17, 15) is 0 Å². The van der Waals surface area contributed by atoms with E-state index in [1.54, 1.807) is 0 Å². The van der Waals surface area contributed by atoms with E-state index in [1.165, 1.54) is 11.9 Å². The Morgan fingerprint density at radius 3 is 2.80 bits per heavy atom. The minimum absolute atomic E-state index is 0.624. The first-order valence-electron chi connectivity index (χ1n) is 5.65. The largest absolute Gasteiger partial charge is 0.324 e. The summed E-state index contributed by atoms with van der Waals surface area (Å²) in [6.45, 7) is 0. The van der Waals surface area contributed by atoms with Gasteiger partial charge in [0.15, 0.2) is 0 Å². The zero-order valence-corrected chi connectivity index (χ0v) is 13.9. The van der Waals surface area contributed by atoms with Crippen LogP contribution in [0.15, 0.2) is 50.8 Å². The van der Waals surface area contributed by atoms with Gasteiger partial charge < -0.3 is 5.32 Å². The molecule has 0 radical (unpaired) electrons. The fourth-order valence-electron chi connectivity index (χ4n) is 1.71. The normalized spacial score (nSPS) is 13.2. The predicted molar refractivity (Wildman–Crippen MR) is 90.3 cm³/mol. The molecular weight excluding hydrogens is 381 g/mol. The Labute approximate surface area is 139 Å². The number of fused-ring (bicyclic) bond motifs is 1. The number of hydrogen-bond donors (Lipinski definition) is 2. The zero-order valence-electron chi connectivity index (χ0n) is 9.95. The molecule has 1 aliphatic rings. The molecule has 2 aromatic carbocycles. The van der Waals surface area contributed by atoms with E-state index in [1.807, 2.05) is 36.4 Å². The summed E-state index contributed by atoms with van der Waals surface area (Å²) >= 11 is 17.1. The molecule has 0 aliphatic carbocycles. The highest BCUT2D eigenvalue weighted by Gasteiger charge is 2.16. The molecule has 0 bridgehead atoms. The van der Waals surface area contributed by atoms with Gasteiger partial charge in [-0.3, -0.25) is 4.72 Å². The molecule has 0 amide bonds. The Kier molecular flexibility index (Phi) is 4.12. The van der Waals surface area contributed by atoms with Gasteiger partial charge in [-0.2, -0.15) is 0 Å². The fraction of sp³-hybridized carbons (Fsp3) is 0. The first-order chi connectivity index (χ1) is 9.63. The minimum atomic E-state index is 0.624. The van der Waals surface area contributed by atoms with Crippen molar-refractivity contribution < 1.29 is 0 Å². The number of halogens is 3. The smallest absolute Gasteiger partial charge is 0.211 e. The maximum Gasteiger partial charge on any atom is 0.211 e. The molecule has 7 heteroatoms. The van der Waals surface area contributed by atoms with Crippen molar-refractivity contribution in [2.75, 3.05) is 5.32 Å². The van der Waals surface area contributed by atoms with Gasteiger partial charge in [0, 0.05) is 9.50 Å². The van der Waals surface area contributed by atoms with Crippen LogP contribution in [-0.4, -0.2) is 5.96 Å². The van der Waals surface area contributed by atoms with Crippen molar-refractivity contribution in [3.05, 3.63) is 50.9 Å². The average Bonchev–Trinajstić information content (AvgIpc) is 2.42. The van der Waals surface area contributed by atoms with Crippen molar-refractivity contribution in [3.63, 3.8) is 0 Å². The van der Waals surface area contributed by atoms with Crippen LogP contribution in [0.1, 0.15) is 0 Å². The predicted octanol–water partition coefficient (Wildman–Crippen LogP) is 5.47. The van der Waals surface area contributed by atoms with Crippen LogP contribution in [0.25, 0.3) is 0 Å². The Morgan fingerprint density at radius 1 is 1.20 bits per heavy atom. The molecular formula is C13H8BrCl2N3S. The van der Waals surface area contributed by atoms with Gasteiger partial charge in [-0.25, -0.2) is 4.99 Å². The Morgan fingerprint density at radius 2 is 2.00 bits per heavy atom. The van der Waals surface area contributed by atoms with Gasteiger partial charge in [-0.05, 0) is 52.1 Å². The van der Waals surface area contributed by atoms with Crippen molar-refractivity contribution in [3.8, 4) is 0 Å². The third kappa shape index (κ3) is 2.91. The summed E-state index contributed by atoms with van der Waals surface area (Å²) in [6, 6.07) is 11.2. The van der Waals surface area contributed by atoms with E-state index in [0.29, 0.717) is 16.0 Å². The summed E-state index contributed by atoms with van der Waals surface area (Å²) in [7, 11) is 0. The van der Waals surface area contributed by atoms with Crippen LogP contribution < -0.4 is 10.0 Å². The number of rotatable bonds is 1. The summed E-state index contributed by atoms with van der Waals surface area (Å²) in [6.07, 6.45) is 0. The van der Waals surface area contributed by atoms with E-state index in [2.05, 4.69) is 31.0 Å². The third-order valence-electron chi connectivity index (χ3n) is 2.60. The summed E-state index contributed by atoms with van der Waals surface area (Å²) in [5.41, 5.74) is 1.64. The molecule has 20 heavy (non-hydrogen) atoms. The minimum Gasteiger partial charge on any atom is -0.324 e. The van der Waals surface area contributed by atoms with Crippen LogP contribution in [0.5, 0.6) is 0 Å². The number of para-hydroxylation sites is 1. The number of hydrogen-bond acceptors (Lipinski definition) is 4. The van der Waals surface area contributed by atoms with Crippen LogP contribution in [0.2, 0.25) is 10.0 Å². The standard InChI is InChI=1S/C13H8BrCl2N3S/c14-8-5-7(15)6-11-12(8)18-13(19-20-11)17-10-4-2-1-3-9(10)16/h1-6H,(H2,17,18,19). The topological polar surface area (TPSA) is 36.4 Å². The number of aliphatic imine (C=N–C) groups is 1. The lowest BCUT2D eigenvalue weighted by molar-refractivity contribution is 1.26. The average molecular weight is 389 g/mol. The highest BCUT2D eigenvalue weighted by Crippen LogP contribution is 2.40. The highest BCUT2D eigenvalue weighted by atomic mass is 79.9. The fourth-order valence-corrected chi connectivity index (χ4v) is 3.73. The molecule has 0 saturated carbocycles. The van der Waals surface area contributed by atoms with Gasteiger partial charge in [0.1, 0.15) is 0 Å². The molecule has 3 rings (SSSR count). The van der Waals surface area contributed by atoms with Crippen molar-refractivity contribution in [1.29, 1.82) is 0 Å². The molecule has 1 heterocycles. The molecule has 102 valence electrons. The van der Waals surface area contributed by atoms with Gasteiger partial charge in [0.25, 0.3) is 0 Å². The van der Waals surface area contributed by atoms with Crippen LogP contribution >= 0.6 is 51.1 Å². The third-order valence-corrected chi connectivity index (χ3v) is 4.58.